The number of aryl methyl sites for hydroxylation is 1. The van der Waals surface area contributed by atoms with Gasteiger partial charge in [-0.05, 0) is 26.8 Å². The highest BCUT2D eigenvalue weighted by Crippen LogP contribution is 2.14. The molecule has 0 fully saturated rings. The fraction of sp³-hybridized carbons (Fsp3) is 0.364. The SMILES string of the molecule is C=C/C=C\c1c(C)ncn1C(C)C. The third-order valence-corrected chi connectivity index (χ3v) is 1.97. The summed E-state index contributed by atoms with van der Waals surface area (Å²) in [4.78, 5) is 4.27. The van der Waals surface area contributed by atoms with E-state index in [9.17, 15) is 0 Å². The van der Waals surface area contributed by atoms with Gasteiger partial charge in [-0.15, -0.1) is 0 Å². The van der Waals surface area contributed by atoms with Gasteiger partial charge in [0.05, 0.1) is 17.7 Å². The van der Waals surface area contributed by atoms with Crippen LogP contribution in [0.2, 0.25) is 0 Å². The lowest BCUT2D eigenvalue weighted by atomic mass is 10.3. The molecule has 0 N–H and O–H groups in total. The van der Waals surface area contributed by atoms with Crippen molar-refractivity contribution in [3.8, 4) is 0 Å². The van der Waals surface area contributed by atoms with Crippen molar-refractivity contribution >= 4 is 6.08 Å². The van der Waals surface area contributed by atoms with Crippen LogP contribution < -0.4 is 0 Å². The third kappa shape index (κ3) is 2.08. The molecule has 0 aliphatic rings. The maximum atomic E-state index is 4.27. The zero-order valence-corrected chi connectivity index (χ0v) is 8.49. The van der Waals surface area contributed by atoms with Crippen LogP contribution in [-0.4, -0.2) is 9.55 Å². The summed E-state index contributed by atoms with van der Waals surface area (Å²) in [6.45, 7) is 9.95. The largest absolute Gasteiger partial charge is 0.328 e. The van der Waals surface area contributed by atoms with Gasteiger partial charge in [0.15, 0.2) is 0 Å². The minimum atomic E-state index is 0.450. The van der Waals surface area contributed by atoms with E-state index in [2.05, 4.69) is 30.0 Å². The van der Waals surface area contributed by atoms with Crippen LogP contribution in [0.25, 0.3) is 6.08 Å². The Bertz CT molecular complexity index is 319. The van der Waals surface area contributed by atoms with E-state index in [0.717, 1.165) is 11.4 Å². The highest BCUT2D eigenvalue weighted by molar-refractivity contribution is 5.49. The first kappa shape index (κ1) is 9.78. The average molecular weight is 176 g/mol. The van der Waals surface area contributed by atoms with Crippen LogP contribution in [0.3, 0.4) is 0 Å². The summed E-state index contributed by atoms with van der Waals surface area (Å²) in [5.41, 5.74) is 2.22. The van der Waals surface area contributed by atoms with Crippen LogP contribution in [0, 0.1) is 6.92 Å². The molecule has 70 valence electrons. The van der Waals surface area contributed by atoms with Gasteiger partial charge >= 0.3 is 0 Å². The maximum Gasteiger partial charge on any atom is 0.0956 e. The molecule has 1 heterocycles. The van der Waals surface area contributed by atoms with Crippen molar-refractivity contribution in [2.45, 2.75) is 26.8 Å². The molecule has 0 atom stereocenters. The summed E-state index contributed by atoms with van der Waals surface area (Å²) >= 11 is 0. The summed E-state index contributed by atoms with van der Waals surface area (Å²) in [6.07, 6.45) is 7.62. The van der Waals surface area contributed by atoms with Gasteiger partial charge < -0.3 is 4.57 Å². The van der Waals surface area contributed by atoms with E-state index in [4.69, 9.17) is 0 Å². The smallest absolute Gasteiger partial charge is 0.0956 e. The monoisotopic (exact) mass is 176 g/mol. The van der Waals surface area contributed by atoms with E-state index in [1.807, 2.05) is 25.4 Å². The fourth-order valence-corrected chi connectivity index (χ4v) is 1.24. The molecule has 13 heavy (non-hydrogen) atoms. The lowest BCUT2D eigenvalue weighted by molar-refractivity contribution is 0.595. The van der Waals surface area contributed by atoms with Crippen molar-refractivity contribution in [2.75, 3.05) is 0 Å². The second-order valence-electron chi connectivity index (χ2n) is 3.31. The molecule has 2 heteroatoms. The molecule has 0 aliphatic carbocycles. The van der Waals surface area contributed by atoms with Crippen LogP contribution in [0.5, 0.6) is 0 Å². The summed E-state index contributed by atoms with van der Waals surface area (Å²) in [7, 11) is 0. The number of nitrogens with zero attached hydrogens (tertiary/aromatic N) is 2. The molecule has 0 bridgehead atoms. The number of rotatable bonds is 3. The van der Waals surface area contributed by atoms with Crippen LogP contribution in [0.1, 0.15) is 31.3 Å². The summed E-state index contributed by atoms with van der Waals surface area (Å²) in [5, 5.41) is 0. The third-order valence-electron chi connectivity index (χ3n) is 1.97. The van der Waals surface area contributed by atoms with E-state index >= 15 is 0 Å². The van der Waals surface area contributed by atoms with Crippen molar-refractivity contribution in [1.29, 1.82) is 0 Å². The first-order valence-corrected chi connectivity index (χ1v) is 4.49. The van der Waals surface area contributed by atoms with E-state index < -0.39 is 0 Å². The Labute approximate surface area is 79.6 Å². The second kappa shape index (κ2) is 4.08. The Morgan fingerprint density at radius 3 is 2.77 bits per heavy atom. The normalized spacial score (nSPS) is 11.4. The van der Waals surface area contributed by atoms with Crippen molar-refractivity contribution in [3.63, 3.8) is 0 Å². The van der Waals surface area contributed by atoms with Crippen LogP contribution in [-0.2, 0) is 0 Å². The maximum absolute atomic E-state index is 4.27. The van der Waals surface area contributed by atoms with Crippen molar-refractivity contribution in [2.24, 2.45) is 0 Å². The molecule has 0 saturated carbocycles. The van der Waals surface area contributed by atoms with E-state index in [-0.39, 0.29) is 0 Å². The molecule has 0 unspecified atom stereocenters. The minimum Gasteiger partial charge on any atom is -0.328 e. The van der Waals surface area contributed by atoms with E-state index in [1.165, 1.54) is 0 Å². The summed E-state index contributed by atoms with van der Waals surface area (Å²) in [6, 6.07) is 0.450. The number of aromatic nitrogens is 2. The number of hydrogen-bond donors (Lipinski definition) is 0. The van der Waals surface area contributed by atoms with Crippen LogP contribution in [0.15, 0.2) is 25.1 Å². The molecule has 1 rings (SSSR count). The van der Waals surface area contributed by atoms with Gasteiger partial charge in [-0.3, -0.25) is 0 Å². The van der Waals surface area contributed by atoms with Gasteiger partial charge in [-0.25, -0.2) is 4.98 Å². The molecule has 2 nitrogen and oxygen atoms in total. The number of allylic oxidation sites excluding steroid dienone is 2. The number of hydrogen-bond acceptors (Lipinski definition) is 1. The van der Waals surface area contributed by atoms with Gasteiger partial charge in [0, 0.05) is 6.04 Å². The highest BCUT2D eigenvalue weighted by atomic mass is 15.1. The molecule has 0 aromatic carbocycles. The Morgan fingerprint density at radius 2 is 2.23 bits per heavy atom. The van der Waals surface area contributed by atoms with Gasteiger partial charge in [0.2, 0.25) is 0 Å². The van der Waals surface area contributed by atoms with Crippen molar-refractivity contribution in [3.05, 3.63) is 36.4 Å². The zero-order chi connectivity index (χ0) is 9.84. The molecule has 0 saturated heterocycles. The minimum absolute atomic E-state index is 0.450. The molecule has 0 amide bonds. The molecule has 0 radical (unpaired) electrons. The van der Waals surface area contributed by atoms with E-state index in [1.54, 1.807) is 6.08 Å². The molecule has 0 aliphatic heterocycles. The zero-order valence-electron chi connectivity index (χ0n) is 8.49. The number of imidazole rings is 1. The molecule has 0 spiro atoms. The van der Waals surface area contributed by atoms with Crippen LogP contribution in [0.4, 0.5) is 0 Å². The van der Waals surface area contributed by atoms with Gasteiger partial charge in [-0.2, -0.15) is 0 Å². The fourth-order valence-electron chi connectivity index (χ4n) is 1.24. The summed E-state index contributed by atoms with van der Waals surface area (Å²) in [5.74, 6) is 0. The Balaban J connectivity index is 3.08. The molecular weight excluding hydrogens is 160 g/mol. The summed E-state index contributed by atoms with van der Waals surface area (Å²) < 4.78 is 2.15. The van der Waals surface area contributed by atoms with Crippen LogP contribution >= 0.6 is 0 Å². The quantitative estimate of drug-likeness (QED) is 0.647. The Morgan fingerprint density at radius 1 is 1.54 bits per heavy atom. The molecular formula is C11H16N2. The van der Waals surface area contributed by atoms with E-state index in [0.29, 0.717) is 6.04 Å². The standard InChI is InChI=1S/C11H16N2/c1-5-6-7-11-10(4)12-8-13(11)9(2)3/h5-9H,1H2,2-4H3/b7-6-. The topological polar surface area (TPSA) is 17.8 Å². The Hall–Kier alpha value is -1.31. The second-order valence-corrected chi connectivity index (χ2v) is 3.31. The van der Waals surface area contributed by atoms with Crippen molar-refractivity contribution < 1.29 is 0 Å². The lowest BCUT2D eigenvalue weighted by Gasteiger charge is -2.09. The average Bonchev–Trinajstić information content (AvgIpc) is 2.43. The van der Waals surface area contributed by atoms with Gasteiger partial charge in [0.25, 0.3) is 0 Å². The molecule has 1 aromatic rings. The lowest BCUT2D eigenvalue weighted by Crippen LogP contribution is -2.01. The first-order valence-electron chi connectivity index (χ1n) is 4.49. The van der Waals surface area contributed by atoms with Crippen molar-refractivity contribution in [1.82, 2.24) is 9.55 Å². The predicted octanol–water partition coefficient (Wildman–Crippen LogP) is 2.97. The van der Waals surface area contributed by atoms with Gasteiger partial charge in [0.1, 0.15) is 0 Å². The molecule has 1 aromatic heterocycles. The van der Waals surface area contributed by atoms with Gasteiger partial charge in [-0.1, -0.05) is 18.7 Å². The Kier molecular flexibility index (Phi) is 3.07. The first-order chi connectivity index (χ1) is 6.16. The predicted molar refractivity (Wildman–Crippen MR) is 56.6 cm³/mol. The highest BCUT2D eigenvalue weighted by Gasteiger charge is 2.05.